The number of benzene rings is 2. The number of amides is 1. The number of carbonyl (C=O) groups excluding carboxylic acids is 2. The van der Waals surface area contributed by atoms with E-state index in [1.54, 1.807) is 27.3 Å². The van der Waals surface area contributed by atoms with Crippen molar-refractivity contribution in [2.24, 2.45) is 0 Å². The van der Waals surface area contributed by atoms with Crippen molar-refractivity contribution < 1.29 is 23.8 Å². The van der Waals surface area contributed by atoms with Crippen LogP contribution in [0.5, 0.6) is 11.5 Å². The van der Waals surface area contributed by atoms with Gasteiger partial charge < -0.3 is 19.1 Å². The number of H-pyrrole nitrogens is 1. The lowest BCUT2D eigenvalue weighted by Crippen LogP contribution is -2.33. The van der Waals surface area contributed by atoms with Gasteiger partial charge in [-0.25, -0.2) is 4.79 Å². The second kappa shape index (κ2) is 9.09. The molecular weight excluding hydrogens is 374 g/mol. The molecule has 0 aliphatic heterocycles. The van der Waals surface area contributed by atoms with E-state index >= 15 is 0 Å². The number of aromatic nitrogens is 2. The number of esters is 1. The molecule has 8 nitrogen and oxygen atoms in total. The zero-order chi connectivity index (χ0) is 20.8. The Bertz CT molecular complexity index is 1010. The topological polar surface area (TPSA) is 93.7 Å². The van der Waals surface area contributed by atoms with Gasteiger partial charge in [0.1, 0.15) is 0 Å². The Morgan fingerprint density at radius 1 is 1.07 bits per heavy atom. The van der Waals surface area contributed by atoms with Crippen LogP contribution in [0.1, 0.15) is 16.1 Å². The monoisotopic (exact) mass is 397 g/mol. The average molecular weight is 397 g/mol. The molecule has 0 radical (unpaired) electrons. The highest BCUT2D eigenvalue weighted by Crippen LogP contribution is 2.27. The van der Waals surface area contributed by atoms with Gasteiger partial charge in [-0.2, -0.15) is 5.10 Å². The molecule has 1 N–H and O–H groups in total. The number of methoxy groups -OCH3 is 2. The van der Waals surface area contributed by atoms with Gasteiger partial charge in [0.15, 0.2) is 23.8 Å². The third-order valence-electron chi connectivity index (χ3n) is 4.60. The number of nitrogens with zero attached hydrogens (tertiary/aromatic N) is 2. The summed E-state index contributed by atoms with van der Waals surface area (Å²) < 4.78 is 15.7. The van der Waals surface area contributed by atoms with E-state index in [-0.39, 0.29) is 18.2 Å². The molecule has 8 heteroatoms. The molecule has 1 amide bonds. The first-order valence-electron chi connectivity index (χ1n) is 9.08. The fourth-order valence-corrected chi connectivity index (χ4v) is 2.88. The first-order chi connectivity index (χ1) is 14.0. The summed E-state index contributed by atoms with van der Waals surface area (Å²) in [4.78, 5) is 26.1. The first kappa shape index (κ1) is 20.2. The molecule has 152 valence electrons. The maximum absolute atomic E-state index is 12.3. The number of ether oxygens (including phenoxy) is 3. The maximum Gasteiger partial charge on any atom is 0.359 e. The highest BCUT2D eigenvalue weighted by molar-refractivity contribution is 6.02. The highest BCUT2D eigenvalue weighted by atomic mass is 16.5. The minimum atomic E-state index is -0.635. The molecule has 3 rings (SSSR count). The molecule has 2 aromatic carbocycles. The van der Waals surface area contributed by atoms with Gasteiger partial charge in [-0.05, 0) is 30.2 Å². The Morgan fingerprint density at radius 3 is 2.59 bits per heavy atom. The summed E-state index contributed by atoms with van der Waals surface area (Å²) in [5.74, 6) is 0.361. The van der Waals surface area contributed by atoms with Crippen LogP contribution < -0.4 is 9.47 Å². The number of hydrogen-bond donors (Lipinski definition) is 1. The molecule has 1 aromatic heterocycles. The molecule has 0 fully saturated rings. The number of likely N-dealkylation sites (N-methyl/N-ethyl adjacent to an activating group) is 1. The Kier molecular flexibility index (Phi) is 6.33. The minimum Gasteiger partial charge on any atom is -0.493 e. The standard InChI is InChI=1S/C21H23N3O5/c1-24(11-10-14-8-9-17(27-2)18(12-14)28-3)19(25)13-29-21(26)20-15-6-4-5-7-16(15)22-23-20/h4-9,12H,10-11,13H2,1-3H3,(H,22,23). The number of fused-ring (bicyclic) bond motifs is 1. The largest absolute Gasteiger partial charge is 0.493 e. The zero-order valence-corrected chi connectivity index (χ0v) is 16.6. The molecule has 1 heterocycles. The van der Waals surface area contributed by atoms with E-state index < -0.39 is 5.97 Å². The van der Waals surface area contributed by atoms with E-state index in [1.165, 1.54) is 4.90 Å². The van der Waals surface area contributed by atoms with Gasteiger partial charge >= 0.3 is 5.97 Å². The van der Waals surface area contributed by atoms with E-state index in [0.717, 1.165) is 11.1 Å². The normalized spacial score (nSPS) is 10.6. The van der Waals surface area contributed by atoms with Crippen LogP contribution in [0.3, 0.4) is 0 Å². The summed E-state index contributed by atoms with van der Waals surface area (Å²) in [6.45, 7) is 0.125. The van der Waals surface area contributed by atoms with Crippen molar-refractivity contribution in [1.29, 1.82) is 0 Å². The van der Waals surface area contributed by atoms with Crippen molar-refractivity contribution >= 4 is 22.8 Å². The number of rotatable bonds is 8. The molecule has 3 aromatic rings. The van der Waals surface area contributed by atoms with Gasteiger partial charge in [-0.15, -0.1) is 0 Å². The van der Waals surface area contributed by atoms with Gasteiger partial charge in [0.25, 0.3) is 5.91 Å². The molecular formula is C21H23N3O5. The van der Waals surface area contributed by atoms with Crippen molar-refractivity contribution in [2.75, 3.05) is 34.4 Å². The summed E-state index contributed by atoms with van der Waals surface area (Å²) in [6, 6.07) is 12.8. The fourth-order valence-electron chi connectivity index (χ4n) is 2.88. The van der Waals surface area contributed by atoms with Gasteiger partial charge in [-0.1, -0.05) is 24.3 Å². The second-order valence-electron chi connectivity index (χ2n) is 6.45. The third kappa shape index (κ3) is 4.66. The SMILES string of the molecule is COc1ccc(CCN(C)C(=O)COC(=O)c2n[nH]c3ccccc23)cc1OC. The predicted octanol–water partition coefficient (Wildman–Crippen LogP) is 2.44. The van der Waals surface area contributed by atoms with Gasteiger partial charge in [0, 0.05) is 19.0 Å². The second-order valence-corrected chi connectivity index (χ2v) is 6.45. The highest BCUT2D eigenvalue weighted by Gasteiger charge is 2.18. The summed E-state index contributed by atoms with van der Waals surface area (Å²) >= 11 is 0. The summed E-state index contributed by atoms with van der Waals surface area (Å²) in [5.41, 5.74) is 1.90. The summed E-state index contributed by atoms with van der Waals surface area (Å²) in [6.07, 6.45) is 0.626. The van der Waals surface area contributed by atoms with Crippen molar-refractivity contribution in [3.63, 3.8) is 0 Å². The van der Waals surface area contributed by atoms with Crippen LogP contribution in [0.4, 0.5) is 0 Å². The van der Waals surface area contributed by atoms with Crippen molar-refractivity contribution in [1.82, 2.24) is 15.1 Å². The van der Waals surface area contributed by atoms with Crippen LogP contribution in [-0.4, -0.2) is 61.4 Å². The number of aromatic amines is 1. The third-order valence-corrected chi connectivity index (χ3v) is 4.60. The molecule has 0 atom stereocenters. The molecule has 0 aliphatic rings. The van der Waals surface area contributed by atoms with Crippen LogP contribution >= 0.6 is 0 Å². The molecule has 0 spiro atoms. The quantitative estimate of drug-likeness (QED) is 0.587. The number of hydrogen-bond acceptors (Lipinski definition) is 6. The number of carbonyl (C=O) groups is 2. The van der Waals surface area contributed by atoms with Crippen molar-refractivity contribution in [3.8, 4) is 11.5 Å². The summed E-state index contributed by atoms with van der Waals surface area (Å²) in [5, 5.41) is 7.41. The van der Waals surface area contributed by atoms with Gasteiger partial charge in [0.2, 0.25) is 0 Å². The van der Waals surface area contributed by atoms with Gasteiger partial charge in [0.05, 0.1) is 19.7 Å². The Morgan fingerprint density at radius 2 is 1.83 bits per heavy atom. The van der Waals surface area contributed by atoms with E-state index in [1.807, 2.05) is 36.4 Å². The lowest BCUT2D eigenvalue weighted by Gasteiger charge is -2.17. The minimum absolute atomic E-state index is 0.168. The van der Waals surface area contributed by atoms with Crippen LogP contribution in [0.25, 0.3) is 10.9 Å². The maximum atomic E-state index is 12.3. The van der Waals surface area contributed by atoms with Gasteiger partial charge in [-0.3, -0.25) is 9.89 Å². The number of nitrogens with one attached hydrogen (secondary N) is 1. The Hall–Kier alpha value is -3.55. The number of para-hydroxylation sites is 1. The smallest absolute Gasteiger partial charge is 0.359 e. The Balaban J connectivity index is 1.52. The van der Waals surface area contributed by atoms with E-state index in [0.29, 0.717) is 29.9 Å². The molecule has 0 saturated carbocycles. The Labute approximate surface area is 168 Å². The molecule has 0 unspecified atom stereocenters. The van der Waals surface area contributed by atoms with E-state index in [9.17, 15) is 9.59 Å². The average Bonchev–Trinajstić information content (AvgIpc) is 3.19. The van der Waals surface area contributed by atoms with Crippen LogP contribution in [0.15, 0.2) is 42.5 Å². The molecule has 0 saturated heterocycles. The molecule has 0 aliphatic carbocycles. The molecule has 0 bridgehead atoms. The lowest BCUT2D eigenvalue weighted by atomic mass is 10.1. The first-order valence-corrected chi connectivity index (χ1v) is 9.08. The zero-order valence-electron chi connectivity index (χ0n) is 16.6. The lowest BCUT2D eigenvalue weighted by molar-refractivity contribution is -0.133. The van der Waals surface area contributed by atoms with Crippen molar-refractivity contribution in [2.45, 2.75) is 6.42 Å². The van der Waals surface area contributed by atoms with Crippen molar-refractivity contribution in [3.05, 3.63) is 53.7 Å². The van der Waals surface area contributed by atoms with Crippen LogP contribution in [0, 0.1) is 0 Å². The van der Waals surface area contributed by atoms with E-state index in [2.05, 4.69) is 10.2 Å². The fraction of sp³-hybridized carbons (Fsp3) is 0.286. The predicted molar refractivity (Wildman–Crippen MR) is 107 cm³/mol. The molecule has 29 heavy (non-hydrogen) atoms. The van der Waals surface area contributed by atoms with Crippen LogP contribution in [0.2, 0.25) is 0 Å². The van der Waals surface area contributed by atoms with E-state index in [4.69, 9.17) is 14.2 Å². The van der Waals surface area contributed by atoms with Crippen LogP contribution in [-0.2, 0) is 16.0 Å². The summed E-state index contributed by atoms with van der Waals surface area (Å²) in [7, 11) is 4.83.